The predicted molar refractivity (Wildman–Crippen MR) is 164 cm³/mol. The number of hydrogen-bond acceptors (Lipinski definition) is 5. The van der Waals surface area contributed by atoms with Gasteiger partial charge in [-0.3, -0.25) is 9.59 Å². The molecule has 2 amide bonds. The quantitative estimate of drug-likeness (QED) is 0.231. The largest absolute Gasteiger partial charge is 0.497 e. The number of amides is 2. The predicted octanol–water partition coefficient (Wildman–Crippen LogP) is 5.21. The van der Waals surface area contributed by atoms with Crippen LogP contribution in [0.3, 0.4) is 0 Å². The van der Waals surface area contributed by atoms with E-state index in [0.717, 1.165) is 29.7 Å². The van der Waals surface area contributed by atoms with Crippen LogP contribution in [0.25, 0.3) is 0 Å². The van der Waals surface area contributed by atoms with E-state index in [1.54, 1.807) is 44.4 Å². The minimum absolute atomic E-state index is 0.107. The van der Waals surface area contributed by atoms with E-state index < -0.39 is 18.1 Å². The first-order valence-electron chi connectivity index (χ1n) is 14.6. The maximum absolute atomic E-state index is 14.3. The number of aryl methyl sites for hydroxylation is 2. The lowest BCUT2D eigenvalue weighted by Crippen LogP contribution is -2.48. The van der Waals surface area contributed by atoms with Crippen LogP contribution in [0.2, 0.25) is 0 Å². The van der Waals surface area contributed by atoms with Gasteiger partial charge in [0.15, 0.2) is 0 Å². The van der Waals surface area contributed by atoms with Crippen LogP contribution in [0.4, 0.5) is 4.39 Å². The number of aliphatic hydroxyl groups is 1. The molecule has 3 aromatic rings. The van der Waals surface area contributed by atoms with Gasteiger partial charge in [-0.25, -0.2) is 4.39 Å². The number of carbonyl (C=O) groups excluding carboxylic acids is 2. The second-order valence-electron chi connectivity index (χ2n) is 10.8. The molecule has 2 atom stereocenters. The van der Waals surface area contributed by atoms with Crippen molar-refractivity contribution < 1.29 is 23.8 Å². The molecule has 0 aliphatic carbocycles. The third-order valence-electron chi connectivity index (χ3n) is 7.15. The maximum Gasteiger partial charge on any atom is 0.253 e. The number of ether oxygens (including phenoxy) is 1. The molecule has 7 nitrogen and oxygen atoms in total. The van der Waals surface area contributed by atoms with Gasteiger partial charge in [-0.2, -0.15) is 0 Å². The molecule has 3 rings (SSSR count). The van der Waals surface area contributed by atoms with Crippen LogP contribution in [0.15, 0.2) is 60.7 Å². The van der Waals surface area contributed by atoms with Crippen molar-refractivity contribution in [1.29, 1.82) is 0 Å². The number of halogens is 1. The van der Waals surface area contributed by atoms with E-state index in [1.165, 1.54) is 6.07 Å². The molecule has 0 saturated carbocycles. The number of carbonyl (C=O) groups is 2. The number of hydrogen-bond donors (Lipinski definition) is 3. The average molecular weight is 578 g/mol. The monoisotopic (exact) mass is 577 g/mol. The summed E-state index contributed by atoms with van der Waals surface area (Å²) in [5.41, 5.74) is 3.75. The number of rotatable bonds is 15. The normalized spacial score (nSPS) is 12.5. The van der Waals surface area contributed by atoms with Gasteiger partial charge in [-0.1, -0.05) is 38.1 Å². The van der Waals surface area contributed by atoms with Crippen LogP contribution < -0.4 is 15.4 Å². The molecule has 42 heavy (non-hydrogen) atoms. The highest BCUT2D eigenvalue weighted by molar-refractivity contribution is 6.00. The van der Waals surface area contributed by atoms with Gasteiger partial charge in [0.25, 0.3) is 11.8 Å². The Kier molecular flexibility index (Phi) is 12.5. The van der Waals surface area contributed by atoms with Crippen molar-refractivity contribution in [2.24, 2.45) is 0 Å². The van der Waals surface area contributed by atoms with Crippen molar-refractivity contribution in [2.45, 2.75) is 65.6 Å². The van der Waals surface area contributed by atoms with Crippen molar-refractivity contribution in [3.05, 3.63) is 99.9 Å². The second-order valence-corrected chi connectivity index (χ2v) is 10.8. The lowest BCUT2D eigenvalue weighted by Gasteiger charge is -2.25. The van der Waals surface area contributed by atoms with Gasteiger partial charge in [-0.05, 0) is 91.8 Å². The highest BCUT2D eigenvalue weighted by Gasteiger charge is 2.24. The van der Waals surface area contributed by atoms with Gasteiger partial charge in [0.2, 0.25) is 0 Å². The Morgan fingerprint density at radius 3 is 2.33 bits per heavy atom. The molecular weight excluding hydrogens is 533 g/mol. The third-order valence-corrected chi connectivity index (χ3v) is 7.15. The van der Waals surface area contributed by atoms with E-state index in [9.17, 15) is 19.1 Å². The Balaban J connectivity index is 1.80. The first-order chi connectivity index (χ1) is 20.1. The number of methoxy groups -OCH3 is 1. The Morgan fingerprint density at radius 2 is 1.67 bits per heavy atom. The molecule has 0 saturated heterocycles. The number of aliphatic hydroxyl groups excluding tert-OH is 1. The maximum atomic E-state index is 14.3. The Labute approximate surface area is 249 Å². The molecule has 226 valence electrons. The molecule has 0 heterocycles. The Morgan fingerprint density at radius 1 is 0.952 bits per heavy atom. The van der Waals surface area contributed by atoms with Crippen LogP contribution in [-0.2, 0) is 13.0 Å². The molecule has 0 unspecified atom stereocenters. The average Bonchev–Trinajstić information content (AvgIpc) is 2.97. The van der Waals surface area contributed by atoms with Crippen LogP contribution in [0, 0.1) is 19.7 Å². The van der Waals surface area contributed by atoms with E-state index in [4.69, 9.17) is 4.74 Å². The SMILES string of the molecule is CCCN(CCC)C(=O)c1cc(C)cc(C(=O)N[C@@H](Cc2ccc(C)c(F)c2)[C@H](O)CNCc2cccc(OC)c2)c1. The first-order valence-corrected chi connectivity index (χ1v) is 14.6. The van der Waals surface area contributed by atoms with Gasteiger partial charge in [-0.15, -0.1) is 0 Å². The topological polar surface area (TPSA) is 90.9 Å². The van der Waals surface area contributed by atoms with Crippen LogP contribution in [-0.4, -0.2) is 60.7 Å². The number of benzene rings is 3. The lowest BCUT2D eigenvalue weighted by atomic mass is 9.98. The van der Waals surface area contributed by atoms with Crippen molar-refractivity contribution in [3.63, 3.8) is 0 Å². The summed E-state index contributed by atoms with van der Waals surface area (Å²) in [7, 11) is 1.61. The summed E-state index contributed by atoms with van der Waals surface area (Å²) in [5.74, 6) is -0.113. The molecule has 3 N–H and O–H groups in total. The summed E-state index contributed by atoms with van der Waals surface area (Å²) in [5, 5.41) is 17.4. The van der Waals surface area contributed by atoms with Gasteiger partial charge < -0.3 is 25.4 Å². The highest BCUT2D eigenvalue weighted by atomic mass is 19.1. The van der Waals surface area contributed by atoms with E-state index in [0.29, 0.717) is 41.9 Å². The molecule has 0 radical (unpaired) electrons. The van der Waals surface area contributed by atoms with E-state index >= 15 is 0 Å². The zero-order chi connectivity index (χ0) is 30.6. The van der Waals surface area contributed by atoms with Gasteiger partial charge >= 0.3 is 0 Å². The molecule has 3 aromatic carbocycles. The molecule has 0 fully saturated rings. The lowest BCUT2D eigenvalue weighted by molar-refractivity contribution is 0.0755. The molecule has 0 aliphatic rings. The second kappa shape index (κ2) is 16.0. The van der Waals surface area contributed by atoms with Crippen molar-refractivity contribution >= 4 is 11.8 Å². The fraction of sp³-hybridized carbons (Fsp3) is 0.412. The van der Waals surface area contributed by atoms with Crippen LogP contribution >= 0.6 is 0 Å². The number of nitrogens with one attached hydrogen (secondary N) is 2. The summed E-state index contributed by atoms with van der Waals surface area (Å²) >= 11 is 0. The fourth-order valence-corrected chi connectivity index (χ4v) is 4.92. The van der Waals surface area contributed by atoms with Crippen LogP contribution in [0.5, 0.6) is 5.75 Å². The van der Waals surface area contributed by atoms with Crippen molar-refractivity contribution in [3.8, 4) is 5.75 Å². The summed E-state index contributed by atoms with van der Waals surface area (Å²) in [6.07, 6.45) is 0.939. The number of nitrogens with zero attached hydrogens (tertiary/aromatic N) is 1. The summed E-state index contributed by atoms with van der Waals surface area (Å²) < 4.78 is 19.6. The molecule has 0 bridgehead atoms. The molecule has 0 spiro atoms. The van der Waals surface area contributed by atoms with E-state index in [1.807, 2.05) is 49.9 Å². The zero-order valence-corrected chi connectivity index (χ0v) is 25.4. The minimum atomic E-state index is -0.973. The highest BCUT2D eigenvalue weighted by Crippen LogP contribution is 2.17. The van der Waals surface area contributed by atoms with Crippen molar-refractivity contribution in [1.82, 2.24) is 15.5 Å². The van der Waals surface area contributed by atoms with E-state index in [2.05, 4.69) is 10.6 Å². The van der Waals surface area contributed by atoms with Gasteiger partial charge in [0.05, 0.1) is 19.3 Å². The van der Waals surface area contributed by atoms with Gasteiger partial charge in [0.1, 0.15) is 11.6 Å². The van der Waals surface area contributed by atoms with Gasteiger partial charge in [0, 0.05) is 37.3 Å². The minimum Gasteiger partial charge on any atom is -0.497 e. The van der Waals surface area contributed by atoms with Crippen LogP contribution in [0.1, 0.15) is 69.7 Å². The fourth-order valence-electron chi connectivity index (χ4n) is 4.92. The summed E-state index contributed by atoms with van der Waals surface area (Å²) in [4.78, 5) is 28.6. The molecule has 0 aliphatic heterocycles. The Hall–Kier alpha value is -3.75. The van der Waals surface area contributed by atoms with E-state index in [-0.39, 0.29) is 24.7 Å². The van der Waals surface area contributed by atoms with Crippen molar-refractivity contribution in [2.75, 3.05) is 26.7 Å². The third kappa shape index (κ3) is 9.39. The smallest absolute Gasteiger partial charge is 0.253 e. The standard InChI is InChI=1S/C34H44FN3O4/c1-6-13-38(14-7-2)34(41)28-16-23(3)15-27(20-28)33(40)37-31(19-25-12-11-24(4)30(35)18-25)32(39)22-36-21-26-9-8-10-29(17-26)42-5/h8-12,15-18,20,31-32,36,39H,6-7,13-14,19,21-22H2,1-5H3,(H,37,40)/t31-,32+/m0/s1. The molecule has 8 heteroatoms. The first kappa shape index (κ1) is 32.8. The molecule has 0 aromatic heterocycles. The zero-order valence-electron chi connectivity index (χ0n) is 25.4. The Bertz CT molecular complexity index is 1340. The molecular formula is C34H44FN3O4. The summed E-state index contributed by atoms with van der Waals surface area (Å²) in [6.45, 7) is 9.57. The summed E-state index contributed by atoms with van der Waals surface area (Å²) in [6, 6.07) is 17.0.